The molecule has 100 valence electrons. The largest absolute Gasteiger partial charge is 0.379 e. The number of hydrogen-bond donors (Lipinski definition) is 0. The fraction of sp³-hybridized carbons (Fsp3) is 0.923. The van der Waals surface area contributed by atoms with Crippen molar-refractivity contribution < 1.29 is 9.53 Å². The molecule has 0 aromatic heterocycles. The Kier molecular flexibility index (Phi) is 5.10. The predicted molar refractivity (Wildman–Crippen MR) is 69.2 cm³/mol. The molecule has 0 saturated carbocycles. The average molecular weight is 242 g/mol. The van der Waals surface area contributed by atoms with Gasteiger partial charge in [-0.1, -0.05) is 0 Å². The highest BCUT2D eigenvalue weighted by molar-refractivity contribution is 5.84. The highest BCUT2D eigenvalue weighted by Gasteiger charge is 2.29. The molecule has 0 N–H and O–H groups in total. The van der Waals surface area contributed by atoms with E-state index in [4.69, 9.17) is 4.74 Å². The zero-order valence-electron chi connectivity index (χ0n) is 11.8. The third-order valence-electron chi connectivity index (χ3n) is 3.75. The van der Waals surface area contributed by atoms with Crippen LogP contribution in [0.1, 0.15) is 26.7 Å². The molecule has 1 heterocycles. The van der Waals surface area contributed by atoms with Gasteiger partial charge >= 0.3 is 0 Å². The van der Waals surface area contributed by atoms with E-state index in [9.17, 15) is 4.79 Å². The number of hydrogen-bond acceptors (Lipinski definition) is 4. The van der Waals surface area contributed by atoms with Gasteiger partial charge in [0.15, 0.2) is 5.78 Å². The fourth-order valence-electron chi connectivity index (χ4n) is 2.05. The molecule has 1 rings (SSSR count). The van der Waals surface area contributed by atoms with Gasteiger partial charge in [-0.2, -0.15) is 0 Å². The molecule has 0 amide bonds. The van der Waals surface area contributed by atoms with E-state index in [1.807, 2.05) is 20.9 Å². The first kappa shape index (κ1) is 14.6. The van der Waals surface area contributed by atoms with E-state index in [-0.39, 0.29) is 11.6 Å². The number of likely N-dealkylation sites (N-methyl/N-ethyl adjacent to an activating group) is 2. The molecule has 1 saturated heterocycles. The van der Waals surface area contributed by atoms with Gasteiger partial charge in [-0.15, -0.1) is 0 Å². The molecule has 0 aromatic carbocycles. The Morgan fingerprint density at radius 3 is 2.59 bits per heavy atom. The van der Waals surface area contributed by atoms with Crippen molar-refractivity contribution in [3.8, 4) is 0 Å². The maximum absolute atomic E-state index is 12.2. The molecule has 0 aromatic rings. The summed E-state index contributed by atoms with van der Waals surface area (Å²) in [6.45, 7) is 6.92. The van der Waals surface area contributed by atoms with E-state index in [1.165, 1.54) is 0 Å². The molecule has 1 fully saturated rings. The van der Waals surface area contributed by atoms with Crippen molar-refractivity contribution in [1.82, 2.24) is 9.80 Å². The molecule has 1 aliphatic heterocycles. The van der Waals surface area contributed by atoms with Crippen LogP contribution in [-0.4, -0.2) is 68.1 Å². The Balaban J connectivity index is 2.46. The maximum atomic E-state index is 12.2. The van der Waals surface area contributed by atoms with Gasteiger partial charge in [0.05, 0.1) is 11.6 Å². The number of rotatable bonds is 5. The van der Waals surface area contributed by atoms with Crippen LogP contribution in [0.3, 0.4) is 0 Å². The first-order valence-electron chi connectivity index (χ1n) is 6.32. The van der Waals surface area contributed by atoms with Gasteiger partial charge in [0.2, 0.25) is 0 Å². The van der Waals surface area contributed by atoms with Crippen molar-refractivity contribution in [3.63, 3.8) is 0 Å². The van der Waals surface area contributed by atoms with Gasteiger partial charge in [-0.25, -0.2) is 0 Å². The molecule has 0 radical (unpaired) electrons. The Bertz CT molecular complexity index is 266. The van der Waals surface area contributed by atoms with E-state index in [2.05, 4.69) is 16.8 Å². The van der Waals surface area contributed by atoms with Gasteiger partial charge in [0, 0.05) is 33.2 Å². The summed E-state index contributed by atoms with van der Waals surface area (Å²) in [7, 11) is 5.81. The fourth-order valence-corrected chi connectivity index (χ4v) is 2.05. The molecule has 0 spiro atoms. The highest BCUT2D eigenvalue weighted by Crippen LogP contribution is 2.18. The number of piperazine rings is 1. The van der Waals surface area contributed by atoms with Crippen molar-refractivity contribution in [1.29, 1.82) is 0 Å². The summed E-state index contributed by atoms with van der Waals surface area (Å²) < 4.78 is 5.35. The minimum Gasteiger partial charge on any atom is -0.379 e. The van der Waals surface area contributed by atoms with Gasteiger partial charge in [0.1, 0.15) is 0 Å². The summed E-state index contributed by atoms with van der Waals surface area (Å²) in [5.74, 6) is 0.337. The number of carbonyl (C=O) groups is 1. The average Bonchev–Trinajstić information content (AvgIpc) is 2.29. The third-order valence-corrected chi connectivity index (χ3v) is 3.75. The highest BCUT2D eigenvalue weighted by atomic mass is 16.5. The van der Waals surface area contributed by atoms with Crippen LogP contribution in [0, 0.1) is 0 Å². The van der Waals surface area contributed by atoms with Crippen LogP contribution in [0.4, 0.5) is 0 Å². The molecule has 4 nitrogen and oxygen atoms in total. The first-order valence-corrected chi connectivity index (χ1v) is 6.32. The van der Waals surface area contributed by atoms with Crippen LogP contribution >= 0.6 is 0 Å². The van der Waals surface area contributed by atoms with Crippen LogP contribution < -0.4 is 0 Å². The van der Waals surface area contributed by atoms with Crippen molar-refractivity contribution in [2.24, 2.45) is 0 Å². The van der Waals surface area contributed by atoms with Crippen LogP contribution in [-0.2, 0) is 9.53 Å². The van der Waals surface area contributed by atoms with Crippen LogP contribution in [0.25, 0.3) is 0 Å². The Morgan fingerprint density at radius 2 is 2.00 bits per heavy atom. The minimum absolute atomic E-state index is 0.0569. The maximum Gasteiger partial charge on any atom is 0.151 e. The molecular weight excluding hydrogens is 216 g/mol. The zero-order valence-corrected chi connectivity index (χ0v) is 11.8. The van der Waals surface area contributed by atoms with Crippen LogP contribution in [0.15, 0.2) is 0 Å². The van der Waals surface area contributed by atoms with Crippen molar-refractivity contribution >= 4 is 5.78 Å². The molecule has 4 heteroatoms. The smallest absolute Gasteiger partial charge is 0.151 e. The standard InChI is InChI=1S/C13H26N2O2/c1-13(2,17-5)7-6-12(16)11-10-14(3)8-9-15(11)4/h11H,6-10H2,1-5H3. The summed E-state index contributed by atoms with van der Waals surface area (Å²) in [6.07, 6.45) is 1.39. The summed E-state index contributed by atoms with van der Waals surface area (Å²) in [5, 5.41) is 0. The van der Waals surface area contributed by atoms with E-state index >= 15 is 0 Å². The first-order chi connectivity index (χ1) is 7.85. The number of carbonyl (C=O) groups excluding carboxylic acids is 1. The predicted octanol–water partition coefficient (Wildman–Crippen LogP) is 1.01. The van der Waals surface area contributed by atoms with E-state index in [0.717, 1.165) is 26.1 Å². The van der Waals surface area contributed by atoms with Crippen LogP contribution in [0.2, 0.25) is 0 Å². The summed E-state index contributed by atoms with van der Waals surface area (Å²) >= 11 is 0. The third kappa shape index (κ3) is 4.37. The number of nitrogens with zero attached hydrogens (tertiary/aromatic N) is 2. The lowest BCUT2D eigenvalue weighted by molar-refractivity contribution is -0.127. The Hall–Kier alpha value is -0.450. The molecule has 1 aliphatic rings. The lowest BCUT2D eigenvalue weighted by Crippen LogP contribution is -2.53. The van der Waals surface area contributed by atoms with Crippen molar-refractivity contribution in [3.05, 3.63) is 0 Å². The van der Waals surface area contributed by atoms with Gasteiger partial charge < -0.3 is 9.64 Å². The second-order valence-corrected chi connectivity index (χ2v) is 5.69. The van der Waals surface area contributed by atoms with Crippen molar-refractivity contribution in [2.45, 2.75) is 38.3 Å². The SMILES string of the molecule is COC(C)(C)CCC(=O)C1CN(C)CCN1C. The number of ketones is 1. The quantitative estimate of drug-likeness (QED) is 0.720. The molecule has 0 bridgehead atoms. The van der Waals surface area contributed by atoms with Gasteiger partial charge in [-0.05, 0) is 34.4 Å². The molecular formula is C13H26N2O2. The summed E-state index contributed by atoms with van der Waals surface area (Å²) in [4.78, 5) is 16.6. The van der Waals surface area contributed by atoms with Gasteiger partial charge in [-0.3, -0.25) is 9.69 Å². The molecule has 17 heavy (non-hydrogen) atoms. The van der Waals surface area contributed by atoms with E-state index < -0.39 is 0 Å². The number of methoxy groups -OCH3 is 1. The molecule has 1 unspecified atom stereocenters. The monoisotopic (exact) mass is 242 g/mol. The number of ether oxygens (including phenoxy) is 1. The lowest BCUT2D eigenvalue weighted by Gasteiger charge is -2.37. The van der Waals surface area contributed by atoms with Gasteiger partial charge in [0.25, 0.3) is 0 Å². The summed E-state index contributed by atoms with van der Waals surface area (Å²) in [6, 6.07) is 0.0569. The van der Waals surface area contributed by atoms with E-state index in [0.29, 0.717) is 12.2 Å². The summed E-state index contributed by atoms with van der Waals surface area (Å²) in [5.41, 5.74) is -0.200. The Morgan fingerprint density at radius 1 is 1.35 bits per heavy atom. The molecule has 1 atom stereocenters. The topological polar surface area (TPSA) is 32.8 Å². The van der Waals surface area contributed by atoms with Crippen molar-refractivity contribution in [2.75, 3.05) is 40.8 Å². The zero-order chi connectivity index (χ0) is 13.1. The normalized spacial score (nSPS) is 23.9. The number of Topliss-reactive ketones (excluding diaryl/α,β-unsaturated/α-hetero) is 1. The lowest BCUT2D eigenvalue weighted by atomic mass is 9.96. The van der Waals surface area contributed by atoms with Crippen LogP contribution in [0.5, 0.6) is 0 Å². The van der Waals surface area contributed by atoms with E-state index in [1.54, 1.807) is 7.11 Å². The molecule has 0 aliphatic carbocycles. The minimum atomic E-state index is -0.200. The second kappa shape index (κ2) is 5.94. The second-order valence-electron chi connectivity index (χ2n) is 5.69. The Labute approximate surface area is 105 Å².